The molecule has 0 amide bonds. The molecule has 3 rings (SSSR count). The molecule has 126 valence electrons. The number of hydrogen-bond donors (Lipinski definition) is 1. The summed E-state index contributed by atoms with van der Waals surface area (Å²) in [6.45, 7) is 0. The quantitative estimate of drug-likeness (QED) is 0.751. The van der Waals surface area contributed by atoms with Gasteiger partial charge in [0.25, 0.3) is 0 Å². The molecule has 0 spiro atoms. The van der Waals surface area contributed by atoms with E-state index in [1.54, 1.807) is 0 Å². The molecule has 0 unspecified atom stereocenters. The van der Waals surface area contributed by atoms with Crippen molar-refractivity contribution in [2.24, 2.45) is 0 Å². The third kappa shape index (κ3) is 3.17. The van der Waals surface area contributed by atoms with Gasteiger partial charge in [-0.1, -0.05) is 11.6 Å². The van der Waals surface area contributed by atoms with Gasteiger partial charge in [0.05, 0.1) is 32.2 Å². The van der Waals surface area contributed by atoms with E-state index >= 15 is 0 Å². The van der Waals surface area contributed by atoms with Crippen LogP contribution in [0.3, 0.4) is 0 Å². The predicted molar refractivity (Wildman–Crippen MR) is 79.7 cm³/mol. The number of ether oxygens (including phenoxy) is 1. The van der Waals surface area contributed by atoms with Crippen LogP contribution in [0.2, 0.25) is 5.02 Å². The van der Waals surface area contributed by atoms with Gasteiger partial charge in [0.2, 0.25) is 9.84 Å². The first-order valence-electron chi connectivity index (χ1n) is 6.40. The van der Waals surface area contributed by atoms with Crippen molar-refractivity contribution >= 4 is 32.5 Å². The van der Waals surface area contributed by atoms with Crippen molar-refractivity contribution in [1.82, 2.24) is 9.97 Å². The van der Waals surface area contributed by atoms with E-state index in [-0.39, 0.29) is 14.8 Å². The molecule has 0 fully saturated rings. The molecular formula is C14H8ClF3N2O3S. The van der Waals surface area contributed by atoms with E-state index < -0.39 is 21.9 Å². The lowest BCUT2D eigenvalue weighted by atomic mass is 10.3. The summed E-state index contributed by atoms with van der Waals surface area (Å²) >= 11 is 6.01. The fourth-order valence-corrected chi connectivity index (χ4v) is 3.89. The summed E-state index contributed by atoms with van der Waals surface area (Å²) in [7, 11) is -4.02. The first-order valence-corrected chi connectivity index (χ1v) is 8.26. The Morgan fingerprint density at radius 1 is 1.12 bits per heavy atom. The molecule has 0 radical (unpaired) electrons. The van der Waals surface area contributed by atoms with Crippen molar-refractivity contribution in [3.8, 4) is 5.75 Å². The van der Waals surface area contributed by atoms with E-state index in [0.29, 0.717) is 11.0 Å². The summed E-state index contributed by atoms with van der Waals surface area (Å²) in [4.78, 5) is 6.34. The maximum atomic E-state index is 12.6. The van der Waals surface area contributed by atoms with E-state index in [4.69, 9.17) is 11.6 Å². The topological polar surface area (TPSA) is 72.1 Å². The predicted octanol–water partition coefficient (Wildman–Crippen LogP) is 3.95. The number of benzene rings is 2. The fraction of sp³-hybridized carbons (Fsp3) is 0.0714. The van der Waals surface area contributed by atoms with Crippen LogP contribution in [-0.2, 0) is 9.84 Å². The summed E-state index contributed by atoms with van der Waals surface area (Å²) in [6, 6.07) is 6.58. The number of sulfone groups is 1. The van der Waals surface area contributed by atoms with Crippen LogP contribution in [0.15, 0.2) is 52.5 Å². The van der Waals surface area contributed by atoms with Crippen LogP contribution in [-0.4, -0.2) is 24.7 Å². The van der Waals surface area contributed by atoms with E-state index in [9.17, 15) is 21.6 Å². The second kappa shape index (κ2) is 5.67. The molecule has 0 saturated heterocycles. The zero-order valence-electron chi connectivity index (χ0n) is 11.6. The lowest BCUT2D eigenvalue weighted by molar-refractivity contribution is -0.274. The zero-order valence-corrected chi connectivity index (χ0v) is 13.2. The molecule has 3 aromatic rings. The number of alkyl halides is 3. The van der Waals surface area contributed by atoms with Crippen molar-refractivity contribution < 1.29 is 26.3 Å². The van der Waals surface area contributed by atoms with Gasteiger partial charge in [0.1, 0.15) is 5.75 Å². The normalized spacial score (nSPS) is 12.5. The summed E-state index contributed by atoms with van der Waals surface area (Å²) in [5.41, 5.74) is 0.961. The molecule has 0 aliphatic rings. The van der Waals surface area contributed by atoms with Crippen molar-refractivity contribution in [3.05, 3.63) is 47.7 Å². The number of aromatic nitrogens is 2. The largest absolute Gasteiger partial charge is 0.573 e. The zero-order chi connectivity index (χ0) is 17.5. The Morgan fingerprint density at radius 3 is 2.42 bits per heavy atom. The molecule has 1 aromatic heterocycles. The average molecular weight is 377 g/mol. The molecule has 0 atom stereocenters. The first-order chi connectivity index (χ1) is 11.2. The van der Waals surface area contributed by atoms with Crippen LogP contribution < -0.4 is 4.74 Å². The van der Waals surface area contributed by atoms with Gasteiger partial charge in [-0.2, -0.15) is 0 Å². The Labute approximate surface area is 139 Å². The smallest absolute Gasteiger partial charge is 0.406 e. The maximum Gasteiger partial charge on any atom is 0.573 e. The molecule has 5 nitrogen and oxygen atoms in total. The minimum absolute atomic E-state index is 0.0368. The van der Waals surface area contributed by atoms with Crippen LogP contribution in [0.1, 0.15) is 0 Å². The molecule has 1 N–H and O–H groups in total. The lowest BCUT2D eigenvalue weighted by Crippen LogP contribution is -2.17. The molecule has 0 aliphatic heterocycles. The van der Waals surface area contributed by atoms with Gasteiger partial charge >= 0.3 is 6.36 Å². The van der Waals surface area contributed by atoms with Crippen molar-refractivity contribution in [1.29, 1.82) is 0 Å². The number of hydrogen-bond acceptors (Lipinski definition) is 4. The first kappa shape index (κ1) is 16.6. The fourth-order valence-electron chi connectivity index (χ4n) is 2.09. The van der Waals surface area contributed by atoms with E-state index in [1.807, 2.05) is 0 Å². The molecule has 0 bridgehead atoms. The maximum absolute atomic E-state index is 12.6. The van der Waals surface area contributed by atoms with Gasteiger partial charge in [-0.05, 0) is 36.4 Å². The second-order valence-corrected chi connectivity index (χ2v) is 7.05. The van der Waals surface area contributed by atoms with Crippen LogP contribution in [0.25, 0.3) is 11.0 Å². The number of fused-ring (bicyclic) bond motifs is 1. The van der Waals surface area contributed by atoms with Crippen LogP contribution in [0.4, 0.5) is 13.2 Å². The number of aromatic amines is 1. The van der Waals surface area contributed by atoms with Gasteiger partial charge in [0, 0.05) is 0 Å². The Kier molecular flexibility index (Phi) is 3.92. The summed E-state index contributed by atoms with van der Waals surface area (Å²) < 4.78 is 65.4. The highest BCUT2D eigenvalue weighted by Crippen LogP contribution is 2.32. The van der Waals surface area contributed by atoms with Crippen molar-refractivity contribution in [2.75, 3.05) is 0 Å². The SMILES string of the molecule is O=S(=O)(c1ccc(OC(F)(F)F)cc1)c1cc2[nH]cnc2cc1Cl. The van der Waals surface area contributed by atoms with Crippen LogP contribution >= 0.6 is 11.6 Å². The number of nitrogens with zero attached hydrogens (tertiary/aromatic N) is 1. The number of rotatable bonds is 3. The summed E-state index contributed by atoms with van der Waals surface area (Å²) in [6.07, 6.45) is -3.46. The number of halogens is 4. The van der Waals surface area contributed by atoms with Crippen molar-refractivity contribution in [2.45, 2.75) is 16.2 Å². The molecule has 2 aromatic carbocycles. The summed E-state index contributed by atoms with van der Waals surface area (Å²) in [5.74, 6) is -0.517. The van der Waals surface area contributed by atoms with Gasteiger partial charge in [-0.25, -0.2) is 13.4 Å². The van der Waals surface area contributed by atoms with E-state index in [2.05, 4.69) is 14.7 Å². The van der Waals surface area contributed by atoms with Crippen molar-refractivity contribution in [3.63, 3.8) is 0 Å². The molecule has 24 heavy (non-hydrogen) atoms. The lowest BCUT2D eigenvalue weighted by Gasteiger charge is -2.10. The van der Waals surface area contributed by atoms with Gasteiger partial charge < -0.3 is 9.72 Å². The molecular weight excluding hydrogens is 369 g/mol. The summed E-state index contributed by atoms with van der Waals surface area (Å²) in [5, 5.41) is -0.0368. The third-order valence-corrected chi connectivity index (χ3v) is 5.37. The van der Waals surface area contributed by atoms with Gasteiger partial charge in [-0.15, -0.1) is 13.2 Å². The van der Waals surface area contributed by atoms with Gasteiger partial charge in [0.15, 0.2) is 0 Å². The molecule has 10 heteroatoms. The van der Waals surface area contributed by atoms with E-state index in [1.165, 1.54) is 18.5 Å². The highest BCUT2D eigenvalue weighted by atomic mass is 35.5. The minimum atomic E-state index is -4.85. The third-order valence-electron chi connectivity index (χ3n) is 3.13. The Balaban J connectivity index is 2.01. The highest BCUT2D eigenvalue weighted by Gasteiger charge is 2.31. The molecule has 1 heterocycles. The Hall–Kier alpha value is -2.26. The van der Waals surface area contributed by atoms with Crippen LogP contribution in [0, 0.1) is 0 Å². The molecule has 0 aliphatic carbocycles. The van der Waals surface area contributed by atoms with Gasteiger partial charge in [-0.3, -0.25) is 0 Å². The highest BCUT2D eigenvalue weighted by molar-refractivity contribution is 7.91. The van der Waals surface area contributed by atoms with E-state index in [0.717, 1.165) is 24.3 Å². The Morgan fingerprint density at radius 2 is 1.79 bits per heavy atom. The minimum Gasteiger partial charge on any atom is -0.406 e. The standard InChI is InChI=1S/C14H8ClF3N2O3S/c15-10-5-11-12(20-7-19-11)6-13(10)24(21,22)9-3-1-8(2-4-9)23-14(16,17)18/h1-7H,(H,19,20). The monoisotopic (exact) mass is 376 g/mol. The van der Waals surface area contributed by atoms with Crippen LogP contribution in [0.5, 0.6) is 5.75 Å². The Bertz CT molecular complexity index is 998. The second-order valence-electron chi connectivity index (χ2n) is 4.72. The molecule has 0 saturated carbocycles. The number of nitrogens with one attached hydrogen (secondary N) is 1. The average Bonchev–Trinajstić information content (AvgIpc) is 2.92. The number of imidazole rings is 1. The number of H-pyrrole nitrogens is 1.